The van der Waals surface area contributed by atoms with Crippen LogP contribution in [0.5, 0.6) is 5.75 Å². The van der Waals surface area contributed by atoms with E-state index in [1.807, 2.05) is 48.5 Å². The highest BCUT2D eigenvalue weighted by atomic mass is 16.5. The molecule has 1 atom stereocenters. The predicted molar refractivity (Wildman–Crippen MR) is 123 cm³/mol. The number of rotatable bonds is 7. The molecule has 0 saturated carbocycles. The van der Waals surface area contributed by atoms with Crippen molar-refractivity contribution in [3.05, 3.63) is 83.4 Å². The van der Waals surface area contributed by atoms with E-state index < -0.39 is 17.4 Å². The van der Waals surface area contributed by atoms with E-state index in [1.54, 1.807) is 24.7 Å². The normalized spacial score (nSPS) is 17.1. The number of hydrogen-bond acceptors (Lipinski definition) is 6. The quantitative estimate of drug-likeness (QED) is 0.541. The van der Waals surface area contributed by atoms with Gasteiger partial charge in [-0.2, -0.15) is 0 Å². The summed E-state index contributed by atoms with van der Waals surface area (Å²) in [7, 11) is 2.80. The Hall–Kier alpha value is -4.14. The molecule has 0 saturated heterocycles. The zero-order valence-electron chi connectivity index (χ0n) is 19.3. The van der Waals surface area contributed by atoms with Crippen LogP contribution in [0, 0.1) is 0 Å². The number of carbonyl (C=O) groups is 3. The summed E-state index contributed by atoms with van der Waals surface area (Å²) < 4.78 is 11.6. The van der Waals surface area contributed by atoms with Crippen LogP contribution in [0.4, 0.5) is 0 Å². The minimum Gasteiger partial charge on any atom is -0.497 e. The van der Waals surface area contributed by atoms with Gasteiger partial charge in [0.05, 0.1) is 27.1 Å². The summed E-state index contributed by atoms with van der Waals surface area (Å²) in [6, 6.07) is 16.8. The van der Waals surface area contributed by atoms with Crippen molar-refractivity contribution in [2.24, 2.45) is 0 Å². The average Bonchev–Trinajstić information content (AvgIpc) is 3.29. The first-order valence-electron chi connectivity index (χ1n) is 10.8. The number of nitrogens with zero attached hydrogens (tertiary/aromatic N) is 3. The van der Waals surface area contributed by atoms with Crippen LogP contribution in [-0.4, -0.2) is 52.0 Å². The summed E-state index contributed by atoms with van der Waals surface area (Å²) in [4.78, 5) is 45.0. The molecule has 1 aliphatic rings. The van der Waals surface area contributed by atoms with Crippen molar-refractivity contribution < 1.29 is 23.9 Å². The number of amides is 2. The standard InChI is InChI=1S/C25H26N4O5/c1-25(24(32)26-13-17-8-5-4-6-9-17)15-28-16-27-20(23(31)34-3)21(28)22(30)29(25)14-18-10-7-11-19(12-18)33-2/h4-12,16H,13-15H2,1-3H3,(H,26,32)/t25-/m1/s1. The number of esters is 1. The van der Waals surface area contributed by atoms with Gasteiger partial charge < -0.3 is 24.3 Å². The van der Waals surface area contributed by atoms with Gasteiger partial charge in [-0.15, -0.1) is 0 Å². The van der Waals surface area contributed by atoms with Crippen molar-refractivity contribution >= 4 is 17.8 Å². The van der Waals surface area contributed by atoms with Gasteiger partial charge in [0.2, 0.25) is 5.91 Å². The molecule has 1 aromatic heterocycles. The SMILES string of the molecule is COC(=O)c1ncn2c1C(=O)N(Cc1cccc(OC)c1)[C@@](C)(C(=O)NCc1ccccc1)C2. The van der Waals surface area contributed by atoms with E-state index in [4.69, 9.17) is 9.47 Å². The van der Waals surface area contributed by atoms with Gasteiger partial charge in [-0.05, 0) is 30.2 Å². The summed E-state index contributed by atoms with van der Waals surface area (Å²) in [6.07, 6.45) is 1.39. The highest BCUT2D eigenvalue weighted by molar-refractivity contribution is 6.06. The summed E-state index contributed by atoms with van der Waals surface area (Å²) in [5, 5.41) is 2.96. The number of aromatic nitrogens is 2. The zero-order valence-corrected chi connectivity index (χ0v) is 19.3. The molecule has 9 nitrogen and oxygen atoms in total. The molecule has 34 heavy (non-hydrogen) atoms. The lowest BCUT2D eigenvalue weighted by Gasteiger charge is -2.43. The third kappa shape index (κ3) is 4.24. The summed E-state index contributed by atoms with van der Waals surface area (Å²) >= 11 is 0. The van der Waals surface area contributed by atoms with Crippen LogP contribution in [0.3, 0.4) is 0 Å². The molecule has 2 heterocycles. The Balaban J connectivity index is 1.71. The minimum atomic E-state index is -1.24. The lowest BCUT2D eigenvalue weighted by atomic mass is 9.93. The minimum absolute atomic E-state index is 0.0742. The molecular weight excluding hydrogens is 436 g/mol. The van der Waals surface area contributed by atoms with Gasteiger partial charge in [-0.3, -0.25) is 9.59 Å². The van der Waals surface area contributed by atoms with Gasteiger partial charge in [-0.1, -0.05) is 42.5 Å². The molecule has 0 unspecified atom stereocenters. The van der Waals surface area contributed by atoms with E-state index in [2.05, 4.69) is 10.3 Å². The number of benzene rings is 2. The van der Waals surface area contributed by atoms with Gasteiger partial charge in [0, 0.05) is 13.1 Å². The highest BCUT2D eigenvalue weighted by Crippen LogP contribution is 2.31. The molecule has 0 spiro atoms. The van der Waals surface area contributed by atoms with E-state index in [0.29, 0.717) is 12.3 Å². The molecule has 0 aliphatic carbocycles. The van der Waals surface area contributed by atoms with E-state index in [1.165, 1.54) is 18.3 Å². The molecule has 2 aromatic carbocycles. The third-order valence-electron chi connectivity index (χ3n) is 6.00. The van der Waals surface area contributed by atoms with Crippen LogP contribution >= 0.6 is 0 Å². The molecule has 1 aliphatic heterocycles. The fourth-order valence-electron chi connectivity index (χ4n) is 4.10. The second-order valence-corrected chi connectivity index (χ2v) is 8.25. The third-order valence-corrected chi connectivity index (χ3v) is 6.00. The number of fused-ring (bicyclic) bond motifs is 1. The predicted octanol–water partition coefficient (Wildman–Crippen LogP) is 2.41. The second-order valence-electron chi connectivity index (χ2n) is 8.25. The Morgan fingerprint density at radius 1 is 1.09 bits per heavy atom. The highest BCUT2D eigenvalue weighted by Gasteiger charge is 2.48. The number of methoxy groups -OCH3 is 2. The van der Waals surface area contributed by atoms with Crippen molar-refractivity contribution in [1.82, 2.24) is 19.8 Å². The smallest absolute Gasteiger partial charge is 0.359 e. The second kappa shape index (κ2) is 9.38. The molecule has 3 aromatic rings. The van der Waals surface area contributed by atoms with Gasteiger partial charge in [0.1, 0.15) is 17.0 Å². The van der Waals surface area contributed by atoms with Crippen LogP contribution < -0.4 is 10.1 Å². The van der Waals surface area contributed by atoms with Gasteiger partial charge in [-0.25, -0.2) is 9.78 Å². The monoisotopic (exact) mass is 462 g/mol. The van der Waals surface area contributed by atoms with E-state index >= 15 is 0 Å². The Bertz CT molecular complexity index is 1220. The van der Waals surface area contributed by atoms with Crippen LogP contribution in [0.15, 0.2) is 60.9 Å². The Labute approximate surface area is 197 Å². The Morgan fingerprint density at radius 2 is 1.82 bits per heavy atom. The number of hydrogen-bond donors (Lipinski definition) is 1. The maximum atomic E-state index is 13.7. The fraction of sp³-hybridized carbons (Fsp3) is 0.280. The van der Waals surface area contributed by atoms with Crippen molar-refractivity contribution in [3.8, 4) is 5.75 Å². The maximum Gasteiger partial charge on any atom is 0.359 e. The number of carbonyl (C=O) groups excluding carboxylic acids is 3. The van der Waals surface area contributed by atoms with Crippen LogP contribution in [0.2, 0.25) is 0 Å². The Morgan fingerprint density at radius 3 is 2.53 bits per heavy atom. The largest absolute Gasteiger partial charge is 0.497 e. The lowest BCUT2D eigenvalue weighted by molar-refractivity contribution is -0.133. The average molecular weight is 463 g/mol. The number of imidazole rings is 1. The number of nitrogens with one attached hydrogen (secondary N) is 1. The van der Waals surface area contributed by atoms with Crippen molar-refractivity contribution in [3.63, 3.8) is 0 Å². The van der Waals surface area contributed by atoms with Crippen molar-refractivity contribution in [2.45, 2.75) is 32.1 Å². The molecule has 176 valence electrons. The molecule has 2 amide bonds. The lowest BCUT2D eigenvalue weighted by Crippen LogP contribution is -2.63. The first-order chi connectivity index (χ1) is 16.4. The fourth-order valence-corrected chi connectivity index (χ4v) is 4.10. The molecule has 9 heteroatoms. The van der Waals surface area contributed by atoms with Crippen molar-refractivity contribution in [2.75, 3.05) is 14.2 Å². The summed E-state index contributed by atoms with van der Waals surface area (Å²) in [5.74, 6) is -0.867. The van der Waals surface area contributed by atoms with Gasteiger partial charge in [0.25, 0.3) is 5.91 Å². The molecule has 4 rings (SSSR count). The van der Waals surface area contributed by atoms with E-state index in [-0.39, 0.29) is 30.4 Å². The topological polar surface area (TPSA) is 103 Å². The van der Waals surface area contributed by atoms with Crippen LogP contribution in [0.25, 0.3) is 0 Å². The first-order valence-corrected chi connectivity index (χ1v) is 10.8. The van der Waals surface area contributed by atoms with Crippen LogP contribution in [-0.2, 0) is 29.2 Å². The van der Waals surface area contributed by atoms with Gasteiger partial charge in [0.15, 0.2) is 5.69 Å². The molecule has 0 radical (unpaired) electrons. The first kappa shape index (κ1) is 23.0. The van der Waals surface area contributed by atoms with Gasteiger partial charge >= 0.3 is 5.97 Å². The Kier molecular flexibility index (Phi) is 6.36. The molecule has 1 N–H and O–H groups in total. The number of ether oxygens (including phenoxy) is 2. The van der Waals surface area contributed by atoms with Crippen molar-refractivity contribution in [1.29, 1.82) is 0 Å². The summed E-state index contributed by atoms with van der Waals surface area (Å²) in [6.45, 7) is 2.30. The zero-order chi connectivity index (χ0) is 24.3. The van der Waals surface area contributed by atoms with Crippen LogP contribution in [0.1, 0.15) is 39.0 Å². The molecule has 0 fully saturated rings. The van der Waals surface area contributed by atoms with E-state index in [9.17, 15) is 14.4 Å². The maximum absolute atomic E-state index is 13.7. The van der Waals surface area contributed by atoms with E-state index in [0.717, 1.165) is 11.1 Å². The molecule has 0 bridgehead atoms. The molecular formula is C25H26N4O5. The summed E-state index contributed by atoms with van der Waals surface area (Å²) in [5.41, 5.74) is 0.508.